The normalized spacial score (nSPS) is 15.1. The van der Waals surface area contributed by atoms with E-state index in [9.17, 15) is 8.78 Å². The second-order valence-corrected chi connectivity index (χ2v) is 4.63. The van der Waals surface area contributed by atoms with Crippen molar-refractivity contribution >= 4 is 17.3 Å². The smallest absolute Gasteiger partial charge is 0.139 e. The molecule has 1 aromatic rings. The molecule has 0 saturated carbocycles. The molecule has 0 aliphatic carbocycles. The van der Waals surface area contributed by atoms with Crippen LogP contribution in [0.25, 0.3) is 5.70 Å². The molecule has 0 fully saturated rings. The van der Waals surface area contributed by atoms with Crippen LogP contribution >= 0.6 is 11.6 Å². The summed E-state index contributed by atoms with van der Waals surface area (Å²) < 4.78 is 33.1. The molecule has 0 saturated heterocycles. The molecule has 1 aliphatic rings. The molecular formula is C15H14ClF2NO. The maximum absolute atomic E-state index is 14.1. The fraction of sp³-hybridized carbons (Fsp3) is 0.200. The van der Waals surface area contributed by atoms with Crippen LogP contribution in [0, 0.1) is 11.6 Å². The molecule has 0 amide bonds. The molecule has 1 aromatic carbocycles. The number of likely N-dealkylation sites (N-methyl/N-ethyl adjacent to an activating group) is 1. The third kappa shape index (κ3) is 2.43. The van der Waals surface area contributed by atoms with E-state index in [1.807, 2.05) is 6.92 Å². The minimum atomic E-state index is -0.689. The SMILES string of the molecule is C=C1C(Cl)=CC=C(c2c(F)cc(OC)cc2F)N1CC. The number of allylic oxidation sites excluding steroid dienone is 3. The molecule has 2 nitrogen and oxygen atoms in total. The summed E-state index contributed by atoms with van der Waals surface area (Å²) in [7, 11) is 1.36. The zero-order valence-corrected chi connectivity index (χ0v) is 12.0. The van der Waals surface area contributed by atoms with Gasteiger partial charge in [0.2, 0.25) is 0 Å². The van der Waals surface area contributed by atoms with Crippen LogP contribution in [0.5, 0.6) is 5.75 Å². The van der Waals surface area contributed by atoms with Gasteiger partial charge >= 0.3 is 0 Å². The van der Waals surface area contributed by atoms with Gasteiger partial charge in [-0.25, -0.2) is 8.78 Å². The zero-order valence-electron chi connectivity index (χ0n) is 11.2. The maximum Gasteiger partial charge on any atom is 0.139 e. The first-order valence-corrected chi connectivity index (χ1v) is 6.45. The van der Waals surface area contributed by atoms with Crippen LogP contribution in [0.2, 0.25) is 0 Å². The van der Waals surface area contributed by atoms with Gasteiger partial charge in [-0.1, -0.05) is 18.2 Å². The molecule has 0 N–H and O–H groups in total. The molecule has 0 aromatic heterocycles. The summed E-state index contributed by atoms with van der Waals surface area (Å²) in [6.45, 7) is 6.19. The van der Waals surface area contributed by atoms with Gasteiger partial charge in [-0.3, -0.25) is 0 Å². The van der Waals surface area contributed by atoms with Gasteiger partial charge in [0.1, 0.15) is 17.4 Å². The van der Waals surface area contributed by atoms with Gasteiger partial charge in [0.25, 0.3) is 0 Å². The highest BCUT2D eigenvalue weighted by Gasteiger charge is 2.24. The Balaban J connectivity index is 2.58. The quantitative estimate of drug-likeness (QED) is 0.825. The molecule has 0 unspecified atom stereocenters. The number of rotatable bonds is 3. The molecule has 20 heavy (non-hydrogen) atoms. The van der Waals surface area contributed by atoms with Gasteiger partial charge in [0, 0.05) is 18.7 Å². The van der Waals surface area contributed by atoms with Crippen molar-refractivity contribution in [2.24, 2.45) is 0 Å². The Bertz CT molecular complexity index is 599. The molecule has 1 heterocycles. The lowest BCUT2D eigenvalue weighted by Crippen LogP contribution is -2.24. The Kier molecular flexibility index (Phi) is 4.14. The third-order valence-electron chi connectivity index (χ3n) is 3.10. The van der Waals surface area contributed by atoms with Crippen molar-refractivity contribution < 1.29 is 13.5 Å². The first-order valence-electron chi connectivity index (χ1n) is 6.07. The minimum Gasteiger partial charge on any atom is -0.497 e. The van der Waals surface area contributed by atoms with Crippen LogP contribution in [0.4, 0.5) is 8.78 Å². The van der Waals surface area contributed by atoms with Gasteiger partial charge in [-0.05, 0) is 19.1 Å². The minimum absolute atomic E-state index is 0.116. The van der Waals surface area contributed by atoms with Crippen LogP contribution in [0.1, 0.15) is 12.5 Å². The number of hydrogen-bond donors (Lipinski definition) is 0. The molecule has 0 bridgehead atoms. The molecule has 0 spiro atoms. The van der Waals surface area contributed by atoms with Crippen molar-refractivity contribution in [1.82, 2.24) is 4.90 Å². The zero-order chi connectivity index (χ0) is 14.9. The summed E-state index contributed by atoms with van der Waals surface area (Å²) in [5.74, 6) is -1.24. The second kappa shape index (κ2) is 5.67. The van der Waals surface area contributed by atoms with E-state index in [-0.39, 0.29) is 11.3 Å². The third-order valence-corrected chi connectivity index (χ3v) is 3.45. The Labute approximate surface area is 121 Å². The van der Waals surface area contributed by atoms with Gasteiger partial charge < -0.3 is 9.64 Å². The summed E-state index contributed by atoms with van der Waals surface area (Å²) in [5.41, 5.74) is 0.787. The number of hydrogen-bond acceptors (Lipinski definition) is 2. The fourth-order valence-corrected chi connectivity index (χ4v) is 2.27. The summed E-state index contributed by atoms with van der Waals surface area (Å²) in [6.07, 6.45) is 3.16. The number of halogens is 3. The number of benzene rings is 1. The van der Waals surface area contributed by atoms with Gasteiger partial charge in [-0.15, -0.1) is 0 Å². The molecule has 0 radical (unpaired) electrons. The average molecular weight is 298 g/mol. The highest BCUT2D eigenvalue weighted by Crippen LogP contribution is 2.35. The number of nitrogens with zero attached hydrogens (tertiary/aromatic N) is 1. The molecule has 2 rings (SSSR count). The summed E-state index contributed by atoms with van der Waals surface area (Å²) in [6, 6.07) is 2.30. The van der Waals surface area contributed by atoms with Crippen molar-refractivity contribution in [1.29, 1.82) is 0 Å². The van der Waals surface area contributed by atoms with E-state index < -0.39 is 11.6 Å². The summed E-state index contributed by atoms with van der Waals surface area (Å²) in [4.78, 5) is 1.66. The van der Waals surface area contributed by atoms with Crippen LogP contribution in [-0.2, 0) is 0 Å². The summed E-state index contributed by atoms with van der Waals surface area (Å²) in [5, 5.41) is 0.449. The van der Waals surface area contributed by atoms with Crippen LogP contribution in [0.15, 0.2) is 41.6 Å². The molecule has 0 atom stereocenters. The van der Waals surface area contributed by atoms with Gasteiger partial charge in [0.15, 0.2) is 0 Å². The second-order valence-electron chi connectivity index (χ2n) is 4.22. The van der Waals surface area contributed by atoms with Gasteiger partial charge in [0.05, 0.1) is 29.1 Å². The Hall–Kier alpha value is -1.81. The standard InChI is InChI=1S/C15H14ClF2NO/c1-4-19-9(2)11(16)5-6-14(19)15-12(17)7-10(20-3)8-13(15)18/h5-8H,2,4H2,1,3H3. The molecule has 106 valence electrons. The molecule has 5 heteroatoms. The fourth-order valence-electron chi connectivity index (χ4n) is 2.10. The highest BCUT2D eigenvalue weighted by atomic mass is 35.5. The summed E-state index contributed by atoms with van der Waals surface area (Å²) >= 11 is 5.99. The van der Waals surface area contributed by atoms with E-state index in [1.54, 1.807) is 17.1 Å². The van der Waals surface area contributed by atoms with E-state index in [0.29, 0.717) is 23.0 Å². The predicted octanol–water partition coefficient (Wildman–Crippen LogP) is 4.29. The van der Waals surface area contributed by atoms with Crippen molar-refractivity contribution in [3.63, 3.8) is 0 Å². The lowest BCUT2D eigenvalue weighted by atomic mass is 10.0. The van der Waals surface area contributed by atoms with Crippen molar-refractivity contribution in [3.8, 4) is 5.75 Å². The van der Waals surface area contributed by atoms with Crippen molar-refractivity contribution in [2.45, 2.75) is 6.92 Å². The first-order chi connectivity index (χ1) is 9.49. The topological polar surface area (TPSA) is 12.5 Å². The Morgan fingerprint density at radius 2 is 1.85 bits per heavy atom. The lowest BCUT2D eigenvalue weighted by Gasteiger charge is -2.30. The number of methoxy groups -OCH3 is 1. The molecular weight excluding hydrogens is 284 g/mol. The highest BCUT2D eigenvalue weighted by molar-refractivity contribution is 6.32. The predicted molar refractivity (Wildman–Crippen MR) is 76.3 cm³/mol. The largest absolute Gasteiger partial charge is 0.497 e. The Morgan fingerprint density at radius 1 is 1.25 bits per heavy atom. The van der Waals surface area contributed by atoms with Crippen molar-refractivity contribution in [2.75, 3.05) is 13.7 Å². The van der Waals surface area contributed by atoms with Crippen LogP contribution < -0.4 is 4.74 Å². The monoisotopic (exact) mass is 297 g/mol. The average Bonchev–Trinajstić information content (AvgIpc) is 2.42. The van der Waals surface area contributed by atoms with Crippen LogP contribution in [0.3, 0.4) is 0 Å². The van der Waals surface area contributed by atoms with Crippen molar-refractivity contribution in [3.05, 3.63) is 58.8 Å². The van der Waals surface area contributed by atoms with E-state index in [0.717, 1.165) is 12.1 Å². The van der Waals surface area contributed by atoms with E-state index in [1.165, 1.54) is 7.11 Å². The van der Waals surface area contributed by atoms with Crippen LogP contribution in [-0.4, -0.2) is 18.6 Å². The van der Waals surface area contributed by atoms with E-state index >= 15 is 0 Å². The number of ether oxygens (including phenoxy) is 1. The Morgan fingerprint density at radius 3 is 2.35 bits per heavy atom. The van der Waals surface area contributed by atoms with Gasteiger partial charge in [-0.2, -0.15) is 0 Å². The van der Waals surface area contributed by atoms with E-state index in [4.69, 9.17) is 16.3 Å². The first kappa shape index (κ1) is 14.6. The molecule has 1 aliphatic heterocycles. The van der Waals surface area contributed by atoms with E-state index in [2.05, 4.69) is 6.58 Å². The maximum atomic E-state index is 14.1. The lowest BCUT2D eigenvalue weighted by molar-refractivity contribution is 0.405.